The Hall–Kier alpha value is -2.45. The molecule has 0 saturated carbocycles. The van der Waals surface area contributed by atoms with Crippen molar-refractivity contribution in [3.63, 3.8) is 0 Å². The van der Waals surface area contributed by atoms with Crippen LogP contribution >= 0.6 is 0 Å². The summed E-state index contributed by atoms with van der Waals surface area (Å²) < 4.78 is 25.3. The molecule has 1 aromatic carbocycles. The summed E-state index contributed by atoms with van der Waals surface area (Å²) in [6, 6.07) is 10.8. The van der Waals surface area contributed by atoms with Crippen LogP contribution in [0.5, 0.6) is 0 Å². The van der Waals surface area contributed by atoms with Crippen LogP contribution in [0.25, 0.3) is 0 Å². The Balaban J connectivity index is 1.65. The average molecular weight is 346 g/mol. The quantitative estimate of drug-likeness (QED) is 0.881. The van der Waals surface area contributed by atoms with Crippen molar-refractivity contribution in [2.45, 2.75) is 11.7 Å². The van der Waals surface area contributed by atoms with E-state index in [0.717, 1.165) is 11.4 Å². The minimum Gasteiger partial charge on any atom is -0.355 e. The Bertz CT molecular complexity index is 822. The summed E-state index contributed by atoms with van der Waals surface area (Å²) in [6.45, 7) is 0.370. The third-order valence-corrected chi connectivity index (χ3v) is 6.13. The summed E-state index contributed by atoms with van der Waals surface area (Å²) in [7, 11) is -2.04. The molecule has 0 bridgehead atoms. The molecule has 126 valence electrons. The fourth-order valence-corrected chi connectivity index (χ4v) is 4.05. The molecular weight excluding hydrogens is 328 g/mol. The molecule has 24 heavy (non-hydrogen) atoms. The van der Waals surface area contributed by atoms with Crippen molar-refractivity contribution in [2.75, 3.05) is 24.2 Å². The lowest BCUT2D eigenvalue weighted by Crippen LogP contribution is -2.35. The lowest BCUT2D eigenvalue weighted by Gasteiger charge is -2.13. The van der Waals surface area contributed by atoms with E-state index in [-0.39, 0.29) is 0 Å². The highest BCUT2D eigenvalue weighted by atomic mass is 32.2. The number of amides is 1. The second-order valence-electron chi connectivity index (χ2n) is 5.57. The molecule has 1 amide bonds. The topological polar surface area (TPSA) is 91.4 Å². The van der Waals surface area contributed by atoms with Gasteiger partial charge in [-0.3, -0.25) is 9.78 Å². The van der Waals surface area contributed by atoms with Crippen LogP contribution in [0, 0.1) is 0 Å². The first kappa shape index (κ1) is 16.4. The number of pyridine rings is 1. The molecule has 1 fully saturated rings. The highest BCUT2D eigenvalue weighted by Gasteiger charge is 2.41. The van der Waals surface area contributed by atoms with Crippen LogP contribution in [0.4, 0.5) is 17.1 Å². The predicted octanol–water partition coefficient (Wildman–Crippen LogP) is 1.80. The van der Waals surface area contributed by atoms with Gasteiger partial charge in [-0.1, -0.05) is 0 Å². The van der Waals surface area contributed by atoms with Crippen LogP contribution in [-0.4, -0.2) is 42.5 Å². The van der Waals surface area contributed by atoms with Gasteiger partial charge in [0.15, 0.2) is 5.25 Å². The summed E-state index contributed by atoms with van der Waals surface area (Å²) >= 11 is 0. The fourth-order valence-electron chi connectivity index (χ4n) is 2.52. The Morgan fingerprint density at radius 2 is 1.67 bits per heavy atom. The number of hydrogen-bond acceptors (Lipinski definition) is 5. The molecule has 3 rings (SSSR count). The van der Waals surface area contributed by atoms with Crippen LogP contribution in [-0.2, 0) is 14.8 Å². The second-order valence-corrected chi connectivity index (χ2v) is 7.79. The predicted molar refractivity (Wildman–Crippen MR) is 92.5 cm³/mol. The van der Waals surface area contributed by atoms with Crippen LogP contribution in [0.1, 0.15) is 6.42 Å². The van der Waals surface area contributed by atoms with Crippen molar-refractivity contribution in [2.24, 2.45) is 0 Å². The van der Waals surface area contributed by atoms with Gasteiger partial charge >= 0.3 is 0 Å². The monoisotopic (exact) mass is 346 g/mol. The number of carbonyl (C=O) groups excluding carboxylic acids is 1. The van der Waals surface area contributed by atoms with E-state index in [4.69, 9.17) is 0 Å². The van der Waals surface area contributed by atoms with Crippen LogP contribution in [0.3, 0.4) is 0 Å². The Kier molecular flexibility index (Phi) is 4.50. The standard InChI is InChI=1S/C16H18N4O3S/c1-20-11-8-15(24(20,22)23)16(21)19-13-4-2-12(3-5-13)18-14-6-9-17-10-7-14/h2-7,9-10,15H,8,11H2,1H3,(H,17,18)(H,19,21). The number of hydrogen-bond donors (Lipinski definition) is 2. The van der Waals surface area contributed by atoms with Gasteiger partial charge in [-0.2, -0.15) is 0 Å². The number of rotatable bonds is 4. The van der Waals surface area contributed by atoms with E-state index in [1.54, 1.807) is 24.5 Å². The normalized spacial score (nSPS) is 19.8. The van der Waals surface area contributed by atoms with E-state index in [0.29, 0.717) is 18.7 Å². The molecular formula is C16H18N4O3S. The molecule has 1 aliphatic heterocycles. The van der Waals surface area contributed by atoms with Gasteiger partial charge < -0.3 is 10.6 Å². The van der Waals surface area contributed by atoms with Crippen LogP contribution < -0.4 is 10.6 Å². The van der Waals surface area contributed by atoms with Gasteiger partial charge in [0.1, 0.15) is 0 Å². The zero-order valence-electron chi connectivity index (χ0n) is 13.1. The SMILES string of the molecule is CN1CCC(C(=O)Nc2ccc(Nc3ccncc3)cc2)S1(=O)=O. The summed E-state index contributed by atoms with van der Waals surface area (Å²) in [5, 5.41) is 4.86. The van der Waals surface area contributed by atoms with Gasteiger partial charge in [-0.05, 0) is 42.8 Å². The van der Waals surface area contributed by atoms with Gasteiger partial charge in [0.2, 0.25) is 15.9 Å². The molecule has 1 atom stereocenters. The third kappa shape index (κ3) is 3.39. The van der Waals surface area contributed by atoms with Crippen LogP contribution in [0.2, 0.25) is 0 Å². The minimum atomic E-state index is -3.53. The number of benzene rings is 1. The lowest BCUT2D eigenvalue weighted by molar-refractivity contribution is -0.115. The number of anilines is 3. The van der Waals surface area contributed by atoms with E-state index in [1.165, 1.54) is 11.4 Å². The van der Waals surface area contributed by atoms with Gasteiger partial charge in [0.25, 0.3) is 0 Å². The molecule has 7 nitrogen and oxygen atoms in total. The second kappa shape index (κ2) is 6.58. The summed E-state index contributed by atoms with van der Waals surface area (Å²) in [5.74, 6) is -0.491. The third-order valence-electron chi connectivity index (χ3n) is 3.91. The number of carbonyl (C=O) groups is 1. The lowest BCUT2D eigenvalue weighted by atomic mass is 10.2. The van der Waals surface area contributed by atoms with Gasteiger partial charge in [-0.15, -0.1) is 0 Å². The zero-order valence-corrected chi connectivity index (χ0v) is 14.0. The first-order chi connectivity index (χ1) is 11.5. The molecule has 0 spiro atoms. The van der Waals surface area contributed by atoms with Crippen molar-refractivity contribution >= 4 is 33.0 Å². The Morgan fingerprint density at radius 3 is 2.25 bits per heavy atom. The molecule has 1 aromatic heterocycles. The smallest absolute Gasteiger partial charge is 0.244 e. The maximum Gasteiger partial charge on any atom is 0.244 e. The van der Waals surface area contributed by atoms with Gasteiger partial charge in [0.05, 0.1) is 0 Å². The van der Waals surface area contributed by atoms with Crippen molar-refractivity contribution in [1.82, 2.24) is 9.29 Å². The van der Waals surface area contributed by atoms with Gasteiger partial charge in [-0.25, -0.2) is 12.7 Å². The first-order valence-electron chi connectivity index (χ1n) is 7.50. The Morgan fingerprint density at radius 1 is 1.08 bits per heavy atom. The molecule has 0 aliphatic carbocycles. The average Bonchev–Trinajstić information content (AvgIpc) is 2.84. The van der Waals surface area contributed by atoms with Crippen LogP contribution in [0.15, 0.2) is 48.8 Å². The molecule has 8 heteroatoms. The minimum absolute atomic E-state index is 0.312. The molecule has 2 heterocycles. The van der Waals surface area contributed by atoms with Crippen molar-refractivity contribution in [1.29, 1.82) is 0 Å². The highest BCUT2D eigenvalue weighted by molar-refractivity contribution is 7.90. The largest absolute Gasteiger partial charge is 0.355 e. The van der Waals surface area contributed by atoms with Crippen molar-refractivity contribution in [3.8, 4) is 0 Å². The maximum atomic E-state index is 12.2. The number of aromatic nitrogens is 1. The van der Waals surface area contributed by atoms with Crippen molar-refractivity contribution < 1.29 is 13.2 Å². The zero-order chi connectivity index (χ0) is 17.2. The van der Waals surface area contributed by atoms with Gasteiger partial charge in [0, 0.05) is 43.0 Å². The van der Waals surface area contributed by atoms with E-state index < -0.39 is 21.2 Å². The molecule has 1 saturated heterocycles. The van der Waals surface area contributed by atoms with E-state index in [1.807, 2.05) is 24.3 Å². The van der Waals surface area contributed by atoms with Crippen molar-refractivity contribution in [3.05, 3.63) is 48.8 Å². The maximum absolute atomic E-state index is 12.2. The number of sulfonamides is 1. The molecule has 0 radical (unpaired) electrons. The summed E-state index contributed by atoms with van der Waals surface area (Å²) in [5.41, 5.74) is 2.32. The van der Waals surface area contributed by atoms with E-state index in [2.05, 4.69) is 15.6 Å². The van der Waals surface area contributed by atoms with E-state index >= 15 is 0 Å². The molecule has 1 aliphatic rings. The molecule has 1 unspecified atom stereocenters. The summed E-state index contributed by atoms with van der Waals surface area (Å²) in [4.78, 5) is 16.2. The van der Waals surface area contributed by atoms with E-state index in [9.17, 15) is 13.2 Å². The highest BCUT2D eigenvalue weighted by Crippen LogP contribution is 2.23. The number of nitrogens with one attached hydrogen (secondary N) is 2. The fraction of sp³-hybridized carbons (Fsp3) is 0.250. The first-order valence-corrected chi connectivity index (χ1v) is 9.00. The molecule has 2 N–H and O–H groups in total. The molecule has 2 aromatic rings. The Labute approximate surface area is 140 Å². The number of nitrogens with zero attached hydrogens (tertiary/aromatic N) is 2. The summed E-state index contributed by atoms with van der Waals surface area (Å²) in [6.07, 6.45) is 3.69.